The van der Waals surface area contributed by atoms with Crippen LogP contribution in [0.1, 0.15) is 31.7 Å². The molecule has 2 fully saturated rings. The van der Waals surface area contributed by atoms with Crippen molar-refractivity contribution in [3.05, 3.63) is 29.8 Å². The van der Waals surface area contributed by atoms with Crippen LogP contribution in [0, 0.1) is 0 Å². The molecule has 1 aromatic carbocycles. The number of nitrogens with zero attached hydrogens (tertiary/aromatic N) is 1. The zero-order chi connectivity index (χ0) is 14.0. The Bertz CT molecular complexity index is 474. The van der Waals surface area contributed by atoms with E-state index < -0.39 is 0 Å². The second-order valence-electron chi connectivity index (χ2n) is 5.77. The van der Waals surface area contributed by atoms with Gasteiger partial charge in [0.05, 0.1) is 0 Å². The van der Waals surface area contributed by atoms with Crippen LogP contribution in [0.4, 0.5) is 0 Å². The Morgan fingerprint density at radius 1 is 1.45 bits per heavy atom. The van der Waals surface area contributed by atoms with E-state index in [0.29, 0.717) is 18.3 Å². The zero-order valence-corrected chi connectivity index (χ0v) is 12.0. The largest absolute Gasteiger partial charge is 0.429 e. The number of nitrogens with one attached hydrogen (secondary N) is 1. The lowest BCUT2D eigenvalue weighted by Gasteiger charge is -2.51. The van der Waals surface area contributed by atoms with Gasteiger partial charge in [-0.2, -0.15) is 0 Å². The lowest BCUT2D eigenvalue weighted by molar-refractivity contribution is -0.120. The van der Waals surface area contributed by atoms with Crippen molar-refractivity contribution in [2.45, 2.75) is 37.8 Å². The molecule has 2 saturated heterocycles. The van der Waals surface area contributed by atoms with Crippen molar-refractivity contribution in [3.8, 4) is 5.75 Å². The van der Waals surface area contributed by atoms with Gasteiger partial charge in [-0.05, 0) is 50.0 Å². The summed E-state index contributed by atoms with van der Waals surface area (Å²) in [5.41, 5.74) is 1.42. The number of carbonyl (C=O) groups is 1. The quantitative estimate of drug-likeness (QED) is 0.851. The van der Waals surface area contributed by atoms with E-state index in [1.807, 2.05) is 12.1 Å². The van der Waals surface area contributed by atoms with Crippen molar-refractivity contribution in [1.29, 1.82) is 0 Å². The predicted molar refractivity (Wildman–Crippen MR) is 77.7 cm³/mol. The van der Waals surface area contributed by atoms with Crippen molar-refractivity contribution < 1.29 is 9.53 Å². The Hall–Kier alpha value is -1.39. The summed E-state index contributed by atoms with van der Waals surface area (Å²) in [6.07, 6.45) is 3.56. The van der Waals surface area contributed by atoms with Gasteiger partial charge in [-0.15, -0.1) is 0 Å². The topological polar surface area (TPSA) is 41.6 Å². The molecule has 0 aliphatic carbocycles. The fourth-order valence-electron chi connectivity index (χ4n) is 3.76. The Kier molecular flexibility index (Phi) is 3.76. The first-order valence-electron chi connectivity index (χ1n) is 7.47. The van der Waals surface area contributed by atoms with Crippen LogP contribution < -0.4 is 10.1 Å². The van der Waals surface area contributed by atoms with E-state index in [4.69, 9.17) is 4.74 Å². The highest BCUT2D eigenvalue weighted by atomic mass is 16.5. The van der Waals surface area contributed by atoms with Crippen molar-refractivity contribution in [2.24, 2.45) is 0 Å². The molecule has 4 heteroatoms. The molecule has 0 radical (unpaired) electrons. The van der Waals surface area contributed by atoms with Gasteiger partial charge in [-0.3, -0.25) is 4.79 Å². The number of carbonyl (C=O) groups excluding carboxylic acids is 1. The van der Waals surface area contributed by atoms with Crippen LogP contribution >= 0.6 is 0 Å². The number of likely N-dealkylation sites (tertiary alicyclic amines) is 1. The van der Waals surface area contributed by atoms with Crippen molar-refractivity contribution >= 4 is 6.47 Å². The van der Waals surface area contributed by atoms with Gasteiger partial charge in [0.25, 0.3) is 6.47 Å². The molecule has 1 N–H and O–H groups in total. The standard InChI is InChI=1S/C16H22N2O2/c1-2-18-10-8-16(11-14(18)7-9-17-16)13-3-5-15(6-4-13)20-12-19/h3-6,12,14,17H,2,7-11H2,1H3. The summed E-state index contributed by atoms with van der Waals surface area (Å²) in [5.74, 6) is 0.610. The van der Waals surface area contributed by atoms with Gasteiger partial charge < -0.3 is 15.0 Å². The lowest BCUT2D eigenvalue weighted by Crippen LogP contribution is -2.59. The Balaban J connectivity index is 1.82. The average molecular weight is 274 g/mol. The maximum absolute atomic E-state index is 10.4. The monoisotopic (exact) mass is 274 g/mol. The van der Waals surface area contributed by atoms with Gasteiger partial charge in [-0.25, -0.2) is 0 Å². The first-order valence-corrected chi connectivity index (χ1v) is 7.47. The summed E-state index contributed by atoms with van der Waals surface area (Å²) in [5, 5.41) is 3.74. The van der Waals surface area contributed by atoms with E-state index in [-0.39, 0.29) is 5.54 Å². The fourth-order valence-corrected chi connectivity index (χ4v) is 3.76. The third kappa shape index (κ3) is 2.34. The lowest BCUT2D eigenvalue weighted by atomic mass is 9.74. The molecule has 3 rings (SSSR count). The van der Waals surface area contributed by atoms with Gasteiger partial charge in [0, 0.05) is 18.1 Å². The van der Waals surface area contributed by atoms with E-state index >= 15 is 0 Å². The zero-order valence-electron chi connectivity index (χ0n) is 12.0. The molecule has 108 valence electrons. The summed E-state index contributed by atoms with van der Waals surface area (Å²) in [6, 6.07) is 8.65. The number of fused-ring (bicyclic) bond motifs is 2. The van der Waals surface area contributed by atoms with Crippen LogP contribution in [0.3, 0.4) is 0 Å². The molecule has 2 bridgehead atoms. The van der Waals surface area contributed by atoms with Crippen LogP contribution in [-0.4, -0.2) is 37.0 Å². The van der Waals surface area contributed by atoms with E-state index in [1.165, 1.54) is 18.4 Å². The molecule has 0 amide bonds. The minimum Gasteiger partial charge on any atom is -0.429 e. The molecular weight excluding hydrogens is 252 g/mol. The molecule has 2 atom stereocenters. The first-order chi connectivity index (χ1) is 9.77. The van der Waals surface area contributed by atoms with Crippen LogP contribution in [0.15, 0.2) is 24.3 Å². The Morgan fingerprint density at radius 3 is 2.95 bits per heavy atom. The fraction of sp³-hybridized carbons (Fsp3) is 0.562. The molecule has 20 heavy (non-hydrogen) atoms. The summed E-state index contributed by atoms with van der Waals surface area (Å²) in [7, 11) is 0. The van der Waals surface area contributed by atoms with E-state index in [0.717, 1.165) is 26.1 Å². The Morgan fingerprint density at radius 2 is 2.25 bits per heavy atom. The van der Waals surface area contributed by atoms with E-state index in [1.54, 1.807) is 0 Å². The molecule has 0 spiro atoms. The number of hydrogen-bond acceptors (Lipinski definition) is 4. The molecule has 2 aliphatic heterocycles. The molecule has 1 aromatic rings. The normalized spacial score (nSPS) is 29.9. The van der Waals surface area contributed by atoms with Crippen LogP contribution in [-0.2, 0) is 10.3 Å². The average Bonchev–Trinajstić information content (AvgIpc) is 2.49. The van der Waals surface area contributed by atoms with Crippen LogP contribution in [0.5, 0.6) is 5.75 Å². The predicted octanol–water partition coefficient (Wildman–Crippen LogP) is 1.89. The molecule has 2 unspecified atom stereocenters. The molecule has 4 nitrogen and oxygen atoms in total. The minimum absolute atomic E-state index is 0.105. The smallest absolute Gasteiger partial charge is 0.298 e. The number of rotatable bonds is 4. The van der Waals surface area contributed by atoms with Gasteiger partial charge >= 0.3 is 0 Å². The van der Waals surface area contributed by atoms with Gasteiger partial charge in [0.1, 0.15) is 5.75 Å². The summed E-state index contributed by atoms with van der Waals surface area (Å²) in [6.45, 7) is 6.10. The molecule has 2 heterocycles. The second kappa shape index (κ2) is 5.54. The highest BCUT2D eigenvalue weighted by Crippen LogP contribution is 2.39. The van der Waals surface area contributed by atoms with Crippen LogP contribution in [0.2, 0.25) is 0 Å². The van der Waals surface area contributed by atoms with E-state index in [9.17, 15) is 4.79 Å². The van der Waals surface area contributed by atoms with E-state index in [2.05, 4.69) is 29.3 Å². The minimum atomic E-state index is 0.105. The SMILES string of the molecule is CCN1CCC2(c3ccc(OC=O)cc3)CC1CCN2. The van der Waals surface area contributed by atoms with Gasteiger partial charge in [0.2, 0.25) is 0 Å². The highest BCUT2D eigenvalue weighted by Gasteiger charge is 2.42. The maximum atomic E-state index is 10.4. The first kappa shape index (κ1) is 13.6. The third-order valence-electron chi connectivity index (χ3n) is 4.86. The molecule has 0 saturated carbocycles. The van der Waals surface area contributed by atoms with Crippen molar-refractivity contribution in [2.75, 3.05) is 19.6 Å². The number of benzene rings is 1. The van der Waals surface area contributed by atoms with Crippen molar-refractivity contribution in [3.63, 3.8) is 0 Å². The summed E-state index contributed by atoms with van der Waals surface area (Å²) < 4.78 is 4.88. The summed E-state index contributed by atoms with van der Waals surface area (Å²) >= 11 is 0. The molecular formula is C16H22N2O2. The maximum Gasteiger partial charge on any atom is 0.298 e. The number of piperidine rings is 2. The van der Waals surface area contributed by atoms with Gasteiger partial charge in [0.15, 0.2) is 0 Å². The van der Waals surface area contributed by atoms with Crippen LogP contribution in [0.25, 0.3) is 0 Å². The molecule has 2 aliphatic rings. The van der Waals surface area contributed by atoms with Gasteiger partial charge in [-0.1, -0.05) is 19.1 Å². The van der Waals surface area contributed by atoms with Crippen molar-refractivity contribution in [1.82, 2.24) is 10.2 Å². The molecule has 0 aromatic heterocycles. The second-order valence-corrected chi connectivity index (χ2v) is 5.77. The number of hydrogen-bond donors (Lipinski definition) is 1. The number of ether oxygens (including phenoxy) is 1. The summed E-state index contributed by atoms with van der Waals surface area (Å²) in [4.78, 5) is 13.0. The third-order valence-corrected chi connectivity index (χ3v) is 4.86. The Labute approximate surface area is 120 Å². The highest BCUT2D eigenvalue weighted by molar-refractivity contribution is 5.46.